The maximum absolute atomic E-state index is 12.2. The molecule has 0 saturated carbocycles. The molecule has 0 aliphatic rings. The highest BCUT2D eigenvalue weighted by molar-refractivity contribution is 9.10. The van der Waals surface area contributed by atoms with E-state index in [4.69, 9.17) is 0 Å². The molecule has 2 aromatic rings. The first-order valence-electron chi connectivity index (χ1n) is 5.69. The molecule has 0 spiro atoms. The summed E-state index contributed by atoms with van der Waals surface area (Å²) in [6.07, 6.45) is 0.234. The van der Waals surface area contributed by atoms with Crippen LogP contribution in [0, 0.1) is 18.3 Å². The van der Waals surface area contributed by atoms with Gasteiger partial charge in [-0.3, -0.25) is 4.79 Å². The van der Waals surface area contributed by atoms with Crippen molar-refractivity contribution in [3.63, 3.8) is 0 Å². The van der Waals surface area contributed by atoms with Gasteiger partial charge in [0.1, 0.15) is 5.01 Å². The van der Waals surface area contributed by atoms with E-state index in [1.807, 2.05) is 36.6 Å². The van der Waals surface area contributed by atoms with E-state index in [1.54, 1.807) is 0 Å². The van der Waals surface area contributed by atoms with Crippen molar-refractivity contribution < 1.29 is 4.79 Å². The Morgan fingerprint density at radius 3 is 2.84 bits per heavy atom. The van der Waals surface area contributed by atoms with Gasteiger partial charge in [-0.1, -0.05) is 34.1 Å². The molecule has 0 bridgehead atoms. The van der Waals surface area contributed by atoms with Gasteiger partial charge in [-0.15, -0.1) is 11.3 Å². The molecule has 1 aromatic heterocycles. The van der Waals surface area contributed by atoms with E-state index in [0.29, 0.717) is 5.01 Å². The Morgan fingerprint density at radius 1 is 1.53 bits per heavy atom. The second-order valence-electron chi connectivity index (χ2n) is 4.12. The first-order chi connectivity index (χ1) is 9.11. The number of rotatable bonds is 4. The van der Waals surface area contributed by atoms with Gasteiger partial charge in [0, 0.05) is 22.0 Å². The second kappa shape index (κ2) is 6.09. The minimum absolute atomic E-state index is 0.122. The van der Waals surface area contributed by atoms with Gasteiger partial charge in [0.2, 0.25) is 0 Å². The largest absolute Gasteiger partial charge is 0.297 e. The predicted molar refractivity (Wildman–Crippen MR) is 78.1 cm³/mol. The first kappa shape index (κ1) is 13.9. The molecule has 5 heteroatoms. The van der Waals surface area contributed by atoms with Crippen LogP contribution in [-0.2, 0) is 11.2 Å². The summed E-state index contributed by atoms with van der Waals surface area (Å²) >= 11 is 4.77. The summed E-state index contributed by atoms with van der Waals surface area (Å²) in [5.74, 6) is -0.894. The molecule has 96 valence electrons. The molecule has 0 aliphatic heterocycles. The van der Waals surface area contributed by atoms with Crippen molar-refractivity contribution in [1.82, 2.24) is 4.98 Å². The van der Waals surface area contributed by atoms with Crippen LogP contribution < -0.4 is 0 Å². The first-order valence-corrected chi connectivity index (χ1v) is 7.37. The third-order valence-electron chi connectivity index (χ3n) is 2.66. The van der Waals surface area contributed by atoms with Gasteiger partial charge >= 0.3 is 0 Å². The number of carbonyl (C=O) groups is 1. The lowest BCUT2D eigenvalue weighted by Gasteiger charge is -2.06. The van der Waals surface area contributed by atoms with Crippen LogP contribution in [0.3, 0.4) is 0 Å². The molecular formula is C14H11BrN2OS. The van der Waals surface area contributed by atoms with Gasteiger partial charge in [0.25, 0.3) is 0 Å². The second-order valence-corrected chi connectivity index (χ2v) is 5.87. The predicted octanol–water partition coefficient (Wildman–Crippen LogP) is 3.63. The SMILES string of the molecule is Cc1csc([C@@H](C#N)C(=O)Cc2ccccc2Br)n1. The number of Topliss-reactive ketones (excluding diaryl/α,β-unsaturated/α-hetero) is 1. The molecule has 0 radical (unpaired) electrons. The number of nitrogens with zero attached hydrogens (tertiary/aromatic N) is 2. The van der Waals surface area contributed by atoms with Crippen molar-refractivity contribution in [2.75, 3.05) is 0 Å². The average Bonchev–Trinajstić information content (AvgIpc) is 2.80. The van der Waals surface area contributed by atoms with E-state index in [1.165, 1.54) is 11.3 Å². The van der Waals surface area contributed by atoms with Crippen molar-refractivity contribution in [1.29, 1.82) is 5.26 Å². The summed E-state index contributed by atoms with van der Waals surface area (Å²) in [4.78, 5) is 16.5. The van der Waals surface area contributed by atoms with Crippen LogP contribution in [0.2, 0.25) is 0 Å². The molecule has 19 heavy (non-hydrogen) atoms. The minimum atomic E-state index is -0.772. The summed E-state index contributed by atoms with van der Waals surface area (Å²) in [5.41, 5.74) is 1.73. The van der Waals surface area contributed by atoms with Gasteiger partial charge in [0.15, 0.2) is 11.7 Å². The molecular weight excluding hydrogens is 324 g/mol. The fraction of sp³-hybridized carbons (Fsp3) is 0.214. The Balaban J connectivity index is 2.19. The minimum Gasteiger partial charge on any atom is -0.297 e. The molecule has 0 amide bonds. The van der Waals surface area contributed by atoms with E-state index >= 15 is 0 Å². The average molecular weight is 335 g/mol. The Bertz CT molecular complexity index is 645. The van der Waals surface area contributed by atoms with Crippen molar-refractivity contribution in [2.45, 2.75) is 19.3 Å². The number of nitriles is 1. The maximum atomic E-state index is 12.2. The van der Waals surface area contributed by atoms with Crippen molar-refractivity contribution >= 4 is 33.0 Å². The van der Waals surface area contributed by atoms with E-state index in [-0.39, 0.29) is 12.2 Å². The molecule has 0 N–H and O–H groups in total. The van der Waals surface area contributed by atoms with Gasteiger partial charge in [-0.25, -0.2) is 4.98 Å². The zero-order valence-corrected chi connectivity index (χ0v) is 12.7. The zero-order valence-electron chi connectivity index (χ0n) is 10.3. The Morgan fingerprint density at radius 2 is 2.26 bits per heavy atom. The lowest BCUT2D eigenvalue weighted by Crippen LogP contribution is -2.13. The third-order valence-corrected chi connectivity index (χ3v) is 4.46. The van der Waals surface area contributed by atoms with Crippen molar-refractivity contribution in [3.05, 3.63) is 50.4 Å². The number of hydrogen-bond donors (Lipinski definition) is 0. The highest BCUT2D eigenvalue weighted by Gasteiger charge is 2.23. The van der Waals surface area contributed by atoms with E-state index in [0.717, 1.165) is 15.7 Å². The monoisotopic (exact) mass is 334 g/mol. The number of ketones is 1. The number of aromatic nitrogens is 1. The van der Waals surface area contributed by atoms with Crippen LogP contribution in [-0.4, -0.2) is 10.8 Å². The molecule has 1 atom stereocenters. The number of thiazole rings is 1. The molecule has 3 nitrogen and oxygen atoms in total. The fourth-order valence-corrected chi connectivity index (χ4v) is 2.99. The Kier molecular flexibility index (Phi) is 4.46. The summed E-state index contributed by atoms with van der Waals surface area (Å²) in [6, 6.07) is 9.59. The molecule has 2 rings (SSSR count). The summed E-state index contributed by atoms with van der Waals surface area (Å²) in [6.45, 7) is 1.85. The summed E-state index contributed by atoms with van der Waals surface area (Å²) in [7, 11) is 0. The molecule has 0 aliphatic carbocycles. The normalized spacial score (nSPS) is 11.8. The maximum Gasteiger partial charge on any atom is 0.161 e. The van der Waals surface area contributed by atoms with Crippen molar-refractivity contribution in [3.8, 4) is 6.07 Å². The lowest BCUT2D eigenvalue weighted by molar-refractivity contribution is -0.118. The smallest absolute Gasteiger partial charge is 0.161 e. The van der Waals surface area contributed by atoms with E-state index in [9.17, 15) is 10.1 Å². The van der Waals surface area contributed by atoms with Crippen LogP contribution in [0.4, 0.5) is 0 Å². The molecule has 0 unspecified atom stereocenters. The number of halogens is 1. The topological polar surface area (TPSA) is 53.8 Å². The van der Waals surface area contributed by atoms with Crippen LogP contribution in [0.1, 0.15) is 22.2 Å². The molecule has 0 fully saturated rings. The van der Waals surface area contributed by atoms with Crippen LogP contribution in [0.15, 0.2) is 34.1 Å². The standard InChI is InChI=1S/C14H11BrN2OS/c1-9-8-19-14(17-9)11(7-16)13(18)6-10-4-2-3-5-12(10)15/h2-5,8,11H,6H2,1H3/t11-/m0/s1. The van der Waals surface area contributed by atoms with Crippen LogP contribution in [0.25, 0.3) is 0 Å². The van der Waals surface area contributed by atoms with Gasteiger partial charge < -0.3 is 0 Å². The van der Waals surface area contributed by atoms with Gasteiger partial charge in [-0.2, -0.15) is 5.26 Å². The van der Waals surface area contributed by atoms with Gasteiger partial charge in [-0.05, 0) is 18.6 Å². The molecule has 0 saturated heterocycles. The highest BCUT2D eigenvalue weighted by Crippen LogP contribution is 2.24. The van der Waals surface area contributed by atoms with E-state index < -0.39 is 5.92 Å². The number of hydrogen-bond acceptors (Lipinski definition) is 4. The summed E-state index contributed by atoms with van der Waals surface area (Å²) < 4.78 is 0.885. The number of aryl methyl sites for hydroxylation is 1. The van der Waals surface area contributed by atoms with Crippen molar-refractivity contribution in [2.24, 2.45) is 0 Å². The Hall–Kier alpha value is -1.51. The van der Waals surface area contributed by atoms with Crippen LogP contribution >= 0.6 is 27.3 Å². The molecule has 1 heterocycles. The Labute approximate surface area is 124 Å². The molecule has 1 aromatic carbocycles. The van der Waals surface area contributed by atoms with Crippen LogP contribution in [0.5, 0.6) is 0 Å². The lowest BCUT2D eigenvalue weighted by atomic mass is 9.99. The fourth-order valence-electron chi connectivity index (χ4n) is 1.70. The number of benzene rings is 1. The van der Waals surface area contributed by atoms with Gasteiger partial charge in [0.05, 0.1) is 6.07 Å². The van der Waals surface area contributed by atoms with E-state index in [2.05, 4.69) is 27.0 Å². The zero-order chi connectivity index (χ0) is 13.8. The summed E-state index contributed by atoms with van der Waals surface area (Å²) in [5, 5.41) is 11.6. The third kappa shape index (κ3) is 3.28. The number of carbonyl (C=O) groups excluding carboxylic acids is 1. The highest BCUT2D eigenvalue weighted by atomic mass is 79.9. The quantitative estimate of drug-likeness (QED) is 0.857.